The van der Waals surface area contributed by atoms with Gasteiger partial charge >= 0.3 is 60.8 Å². The van der Waals surface area contributed by atoms with E-state index in [-0.39, 0.29) is 16.7 Å². The van der Waals surface area contributed by atoms with Crippen LogP contribution in [0, 0.1) is 0 Å². The maximum absolute atomic E-state index is 10.4. The standard InChI is InChI=1S/C6H7AsO3.2H3N/c8-7(9,10)6-4-2-1-3-5-6;;/h1-5H,(H2,8,9,10);2*1H3. The number of quaternary nitrogens is 2. The van der Waals surface area contributed by atoms with Crippen LogP contribution in [-0.4, -0.2) is 14.2 Å². The van der Waals surface area contributed by atoms with Gasteiger partial charge in [0.25, 0.3) is 0 Å². The van der Waals surface area contributed by atoms with E-state index in [9.17, 15) is 11.9 Å². The van der Waals surface area contributed by atoms with Crippen LogP contribution in [0.5, 0.6) is 0 Å². The quantitative estimate of drug-likeness (QED) is 0.588. The SMILES string of the molecule is O=[As]([O-])([O-])c1ccccc1.[NH4+].[NH4+]. The van der Waals surface area contributed by atoms with E-state index in [4.69, 9.17) is 0 Å². The fourth-order valence-corrected chi connectivity index (χ4v) is 1.74. The van der Waals surface area contributed by atoms with E-state index >= 15 is 0 Å². The Morgan fingerprint density at radius 1 is 1.00 bits per heavy atom. The Hall–Kier alpha value is -0.582. The summed E-state index contributed by atoms with van der Waals surface area (Å²) in [7, 11) is 0. The number of benzene rings is 1. The maximum Gasteiger partial charge on any atom is -0.369 e. The van der Waals surface area contributed by atoms with Crippen molar-refractivity contribution in [2.24, 2.45) is 0 Å². The molecular formula is C6H13AsN2O3. The maximum atomic E-state index is 10.4. The van der Waals surface area contributed by atoms with Gasteiger partial charge in [0.1, 0.15) is 0 Å². The van der Waals surface area contributed by atoms with E-state index in [1.165, 1.54) is 24.3 Å². The van der Waals surface area contributed by atoms with Crippen molar-refractivity contribution in [3.8, 4) is 0 Å². The second-order valence-corrected chi connectivity index (χ2v) is 5.00. The molecule has 1 rings (SSSR count). The van der Waals surface area contributed by atoms with Crippen molar-refractivity contribution in [3.05, 3.63) is 30.3 Å². The molecule has 0 fully saturated rings. The smallest absolute Gasteiger partial charge is 0.369 e. The summed E-state index contributed by atoms with van der Waals surface area (Å²) in [4.78, 5) is 0. The molecule has 70 valence electrons. The first-order chi connectivity index (χ1) is 4.61. The van der Waals surface area contributed by atoms with Crippen LogP contribution in [-0.2, 0) is 3.74 Å². The Morgan fingerprint density at radius 3 is 1.67 bits per heavy atom. The van der Waals surface area contributed by atoms with E-state index in [1.54, 1.807) is 6.07 Å². The van der Waals surface area contributed by atoms with Gasteiger partial charge in [0, 0.05) is 0 Å². The first kappa shape index (κ1) is 14.0. The van der Waals surface area contributed by atoms with Gasteiger partial charge in [-0.2, -0.15) is 0 Å². The van der Waals surface area contributed by atoms with Crippen LogP contribution in [0.4, 0.5) is 0 Å². The van der Waals surface area contributed by atoms with Gasteiger partial charge in [0.2, 0.25) is 0 Å². The van der Waals surface area contributed by atoms with E-state index in [1.807, 2.05) is 0 Å². The van der Waals surface area contributed by atoms with Gasteiger partial charge in [-0.05, 0) is 0 Å². The Labute approximate surface area is 73.6 Å². The summed E-state index contributed by atoms with van der Waals surface area (Å²) >= 11 is -5.10. The summed E-state index contributed by atoms with van der Waals surface area (Å²) in [5.74, 6) is 0. The van der Waals surface area contributed by atoms with Gasteiger partial charge < -0.3 is 12.3 Å². The van der Waals surface area contributed by atoms with Crippen molar-refractivity contribution >= 4 is 18.5 Å². The molecule has 12 heavy (non-hydrogen) atoms. The molecule has 6 heteroatoms. The first-order valence-electron chi connectivity index (χ1n) is 2.68. The van der Waals surface area contributed by atoms with Crippen molar-refractivity contribution < 1.29 is 11.9 Å². The van der Waals surface area contributed by atoms with Crippen LogP contribution >= 0.6 is 0 Å². The van der Waals surface area contributed by atoms with Gasteiger partial charge in [-0.15, -0.1) is 0 Å². The molecule has 0 aliphatic rings. The topological polar surface area (TPSA) is 136 Å². The summed E-state index contributed by atoms with van der Waals surface area (Å²) in [6.07, 6.45) is 0. The van der Waals surface area contributed by atoms with Crippen LogP contribution in [0.3, 0.4) is 0 Å². The van der Waals surface area contributed by atoms with E-state index in [0.717, 1.165) is 0 Å². The third-order valence-corrected chi connectivity index (χ3v) is 3.02. The molecule has 0 aromatic heterocycles. The van der Waals surface area contributed by atoms with Crippen LogP contribution in [0.15, 0.2) is 30.3 Å². The molecule has 0 amide bonds. The molecule has 5 nitrogen and oxygen atoms in total. The van der Waals surface area contributed by atoms with Crippen LogP contribution in [0.1, 0.15) is 0 Å². The van der Waals surface area contributed by atoms with Crippen LogP contribution in [0.2, 0.25) is 0 Å². The first-order valence-corrected chi connectivity index (χ1v) is 5.92. The monoisotopic (exact) mass is 236 g/mol. The fraction of sp³-hybridized carbons (Fsp3) is 0. The molecule has 8 N–H and O–H groups in total. The van der Waals surface area contributed by atoms with Gasteiger partial charge in [-0.1, -0.05) is 0 Å². The van der Waals surface area contributed by atoms with Crippen LogP contribution < -0.4 is 24.8 Å². The minimum absolute atomic E-state index is 0. The third kappa shape index (κ3) is 3.71. The Morgan fingerprint density at radius 2 is 1.42 bits per heavy atom. The molecule has 0 saturated heterocycles. The Kier molecular flexibility index (Phi) is 5.98. The van der Waals surface area contributed by atoms with Gasteiger partial charge in [0.05, 0.1) is 0 Å². The average Bonchev–Trinajstić information content (AvgIpc) is 1.88. The van der Waals surface area contributed by atoms with Crippen molar-refractivity contribution in [1.82, 2.24) is 12.3 Å². The van der Waals surface area contributed by atoms with E-state index in [0.29, 0.717) is 0 Å². The molecule has 0 bridgehead atoms. The molecule has 0 aliphatic heterocycles. The summed E-state index contributed by atoms with van der Waals surface area (Å²) in [5, 5.41) is 0. The minimum Gasteiger partial charge on any atom is -0.369 e. The summed E-state index contributed by atoms with van der Waals surface area (Å²) < 4.78 is 31.0. The third-order valence-electron chi connectivity index (χ3n) is 1.07. The predicted octanol–water partition coefficient (Wildman–Crippen LogP) is -1.26. The van der Waals surface area contributed by atoms with Crippen molar-refractivity contribution in [2.75, 3.05) is 0 Å². The molecule has 1 aromatic rings. The fourth-order valence-electron chi connectivity index (χ4n) is 0.611. The molecule has 0 saturated carbocycles. The van der Waals surface area contributed by atoms with Crippen molar-refractivity contribution in [1.29, 1.82) is 0 Å². The van der Waals surface area contributed by atoms with Crippen LogP contribution in [0.25, 0.3) is 0 Å². The van der Waals surface area contributed by atoms with Gasteiger partial charge in [-0.3, -0.25) is 0 Å². The molecule has 1 aromatic carbocycles. The minimum atomic E-state index is -5.10. The molecule has 0 heterocycles. The van der Waals surface area contributed by atoms with E-state index < -0.39 is 14.2 Å². The molecule has 0 unspecified atom stereocenters. The molecule has 0 spiro atoms. The molecule has 0 atom stereocenters. The number of hydrogen-bond acceptors (Lipinski definition) is 3. The molecule has 0 aliphatic carbocycles. The normalized spacial score (nSPS) is 9.50. The largest absolute Gasteiger partial charge is 0.369 e. The zero-order chi connectivity index (χ0) is 7.61. The van der Waals surface area contributed by atoms with E-state index in [2.05, 4.69) is 0 Å². The molecular weight excluding hydrogens is 223 g/mol. The molecule has 0 radical (unpaired) electrons. The van der Waals surface area contributed by atoms with Gasteiger partial charge in [-0.25, -0.2) is 0 Å². The average molecular weight is 236 g/mol. The Bertz CT molecular complexity index is 259. The predicted molar refractivity (Wildman–Crippen MR) is 44.5 cm³/mol. The van der Waals surface area contributed by atoms with Crippen molar-refractivity contribution in [2.45, 2.75) is 0 Å². The number of hydrogen-bond donors (Lipinski definition) is 2. The zero-order valence-electron chi connectivity index (χ0n) is 7.06. The second kappa shape index (κ2) is 5.13. The zero-order valence-corrected chi connectivity index (χ0v) is 8.94. The van der Waals surface area contributed by atoms with Gasteiger partial charge in [0.15, 0.2) is 0 Å². The Balaban J connectivity index is 0. The van der Waals surface area contributed by atoms with Crippen molar-refractivity contribution in [3.63, 3.8) is 0 Å². The summed E-state index contributed by atoms with van der Waals surface area (Å²) in [5.41, 5.74) is 0. The number of rotatable bonds is 1. The second-order valence-electron chi connectivity index (χ2n) is 1.83. The summed E-state index contributed by atoms with van der Waals surface area (Å²) in [6, 6.07) is 7.33. The summed E-state index contributed by atoms with van der Waals surface area (Å²) in [6.45, 7) is 0.